The van der Waals surface area contributed by atoms with E-state index in [1.165, 1.54) is 0 Å². The Morgan fingerprint density at radius 3 is 2.33 bits per heavy atom. The maximum absolute atomic E-state index is 11.7. The van der Waals surface area contributed by atoms with Gasteiger partial charge in [-0.3, -0.25) is 4.79 Å². The van der Waals surface area contributed by atoms with Crippen LogP contribution in [0.3, 0.4) is 0 Å². The smallest absolute Gasteiger partial charge is 0.223 e. The lowest BCUT2D eigenvalue weighted by Crippen LogP contribution is -2.24. The number of ether oxygens (including phenoxy) is 1. The quantitative estimate of drug-likeness (QED) is 0.795. The average Bonchev–Trinajstić information content (AvgIpc) is 2.54. The fraction of sp³-hybridized carbons (Fsp3) is 0.235. The number of carbonyl (C=O) groups excluding carboxylic acids is 1. The molecule has 0 aliphatic carbocycles. The van der Waals surface area contributed by atoms with E-state index in [4.69, 9.17) is 16.3 Å². The predicted octanol–water partition coefficient (Wildman–Crippen LogP) is 3.51. The van der Waals surface area contributed by atoms with Crippen LogP contribution in [0.2, 0.25) is 0 Å². The topological polar surface area (TPSA) is 38.3 Å². The van der Waals surface area contributed by atoms with Gasteiger partial charge < -0.3 is 10.1 Å². The molecule has 2 rings (SSSR count). The van der Waals surface area contributed by atoms with E-state index in [9.17, 15) is 4.79 Å². The molecule has 0 atom stereocenters. The molecule has 0 radical (unpaired) electrons. The lowest BCUT2D eigenvalue weighted by molar-refractivity contribution is -0.121. The summed E-state index contributed by atoms with van der Waals surface area (Å²) in [6.45, 7) is 0.897. The van der Waals surface area contributed by atoms with E-state index in [1.54, 1.807) is 0 Å². The lowest BCUT2D eigenvalue weighted by Gasteiger charge is -2.07. The molecule has 0 aromatic heterocycles. The van der Waals surface area contributed by atoms with E-state index >= 15 is 0 Å². The van der Waals surface area contributed by atoms with Crippen LogP contribution in [0.5, 0.6) is 5.75 Å². The number of carbonyl (C=O) groups is 1. The minimum absolute atomic E-state index is 0.0210. The number of para-hydroxylation sites is 1. The summed E-state index contributed by atoms with van der Waals surface area (Å²) in [6, 6.07) is 17.3. The van der Waals surface area contributed by atoms with E-state index in [1.807, 2.05) is 54.6 Å². The molecule has 0 bridgehead atoms. The first-order chi connectivity index (χ1) is 10.3. The van der Waals surface area contributed by atoms with Crippen LogP contribution in [0.1, 0.15) is 17.5 Å². The summed E-state index contributed by atoms with van der Waals surface area (Å²) in [7, 11) is 0. The highest BCUT2D eigenvalue weighted by Gasteiger charge is 2.02. The summed E-state index contributed by atoms with van der Waals surface area (Å²) >= 11 is 5.73. The minimum Gasteiger partial charge on any atom is -0.493 e. The highest BCUT2D eigenvalue weighted by atomic mass is 35.5. The van der Waals surface area contributed by atoms with Gasteiger partial charge in [0.05, 0.1) is 13.0 Å². The van der Waals surface area contributed by atoms with Crippen LogP contribution in [-0.4, -0.2) is 12.5 Å². The summed E-state index contributed by atoms with van der Waals surface area (Å²) < 4.78 is 5.48. The van der Waals surface area contributed by atoms with Gasteiger partial charge in [0.25, 0.3) is 0 Å². The molecule has 2 aromatic carbocycles. The van der Waals surface area contributed by atoms with Gasteiger partial charge in [-0.2, -0.15) is 0 Å². The van der Waals surface area contributed by atoms with Crippen LogP contribution < -0.4 is 10.1 Å². The monoisotopic (exact) mass is 303 g/mol. The largest absolute Gasteiger partial charge is 0.493 e. The Hall–Kier alpha value is -2.00. The molecule has 0 aliphatic rings. The summed E-state index contributed by atoms with van der Waals surface area (Å²) in [4.78, 5) is 11.7. The van der Waals surface area contributed by atoms with Crippen molar-refractivity contribution in [3.8, 4) is 5.75 Å². The van der Waals surface area contributed by atoms with Gasteiger partial charge in [-0.25, -0.2) is 0 Å². The highest BCUT2D eigenvalue weighted by molar-refractivity contribution is 6.17. The SMILES string of the molecule is O=C(CCOc1ccccc1)NCc1ccc(CCl)cc1. The number of benzene rings is 2. The van der Waals surface area contributed by atoms with Crippen LogP contribution in [0.4, 0.5) is 0 Å². The summed E-state index contributed by atoms with van der Waals surface area (Å²) in [5.41, 5.74) is 2.13. The molecule has 0 aliphatic heterocycles. The predicted molar refractivity (Wildman–Crippen MR) is 84.4 cm³/mol. The summed E-state index contributed by atoms with van der Waals surface area (Å²) in [6.07, 6.45) is 0.342. The molecule has 0 saturated heterocycles. The zero-order valence-electron chi connectivity index (χ0n) is 11.7. The molecule has 0 fully saturated rings. The molecule has 1 N–H and O–H groups in total. The fourth-order valence-electron chi connectivity index (χ4n) is 1.81. The van der Waals surface area contributed by atoms with Crippen molar-refractivity contribution in [2.45, 2.75) is 18.8 Å². The Morgan fingerprint density at radius 1 is 1.00 bits per heavy atom. The Morgan fingerprint density at radius 2 is 1.67 bits per heavy atom. The van der Waals surface area contributed by atoms with Gasteiger partial charge in [-0.05, 0) is 23.3 Å². The Kier molecular flexibility index (Phi) is 6.10. The molecule has 3 nitrogen and oxygen atoms in total. The van der Waals surface area contributed by atoms with Crippen molar-refractivity contribution in [3.05, 3.63) is 65.7 Å². The van der Waals surface area contributed by atoms with E-state index in [0.29, 0.717) is 25.5 Å². The molecule has 2 aromatic rings. The molecule has 0 spiro atoms. The molecule has 21 heavy (non-hydrogen) atoms. The van der Waals surface area contributed by atoms with Gasteiger partial charge in [0.2, 0.25) is 5.91 Å². The van der Waals surface area contributed by atoms with Gasteiger partial charge in [0.1, 0.15) is 5.75 Å². The highest BCUT2D eigenvalue weighted by Crippen LogP contribution is 2.09. The first-order valence-corrected chi connectivity index (χ1v) is 7.39. The maximum Gasteiger partial charge on any atom is 0.223 e. The van der Waals surface area contributed by atoms with Crippen LogP contribution in [0.25, 0.3) is 0 Å². The summed E-state index contributed by atoms with van der Waals surface area (Å²) in [5, 5.41) is 2.87. The maximum atomic E-state index is 11.7. The number of amides is 1. The van der Waals surface area contributed by atoms with Gasteiger partial charge in [-0.1, -0.05) is 42.5 Å². The minimum atomic E-state index is -0.0210. The normalized spacial score (nSPS) is 10.1. The number of nitrogens with one attached hydrogen (secondary N) is 1. The standard InChI is InChI=1S/C17H18ClNO2/c18-12-14-6-8-15(9-7-14)13-19-17(20)10-11-21-16-4-2-1-3-5-16/h1-9H,10-13H2,(H,19,20). The van der Waals surface area contributed by atoms with E-state index in [2.05, 4.69) is 5.32 Å². The van der Waals surface area contributed by atoms with Gasteiger partial charge in [0.15, 0.2) is 0 Å². The number of halogens is 1. The van der Waals surface area contributed by atoms with Gasteiger partial charge in [0, 0.05) is 12.4 Å². The second kappa shape index (κ2) is 8.32. The average molecular weight is 304 g/mol. The third-order valence-electron chi connectivity index (χ3n) is 3.01. The number of hydrogen-bond acceptors (Lipinski definition) is 2. The van der Waals surface area contributed by atoms with Crippen LogP contribution in [0.15, 0.2) is 54.6 Å². The van der Waals surface area contributed by atoms with Crippen LogP contribution >= 0.6 is 11.6 Å². The third-order valence-corrected chi connectivity index (χ3v) is 3.32. The zero-order valence-corrected chi connectivity index (χ0v) is 12.5. The van der Waals surface area contributed by atoms with Crippen molar-refractivity contribution in [1.29, 1.82) is 0 Å². The molecular formula is C17H18ClNO2. The Labute approximate surface area is 129 Å². The van der Waals surface area contributed by atoms with Crippen molar-refractivity contribution in [2.24, 2.45) is 0 Å². The Bertz CT molecular complexity index is 555. The lowest BCUT2D eigenvalue weighted by atomic mass is 10.1. The van der Waals surface area contributed by atoms with E-state index in [-0.39, 0.29) is 5.91 Å². The van der Waals surface area contributed by atoms with Crippen molar-refractivity contribution >= 4 is 17.5 Å². The molecule has 4 heteroatoms. The molecule has 0 heterocycles. The second-order valence-electron chi connectivity index (χ2n) is 4.64. The number of rotatable bonds is 7. The first-order valence-electron chi connectivity index (χ1n) is 6.86. The van der Waals surface area contributed by atoms with E-state index in [0.717, 1.165) is 16.9 Å². The summed E-state index contributed by atoms with van der Waals surface area (Å²) in [5.74, 6) is 1.26. The van der Waals surface area contributed by atoms with Crippen molar-refractivity contribution in [2.75, 3.05) is 6.61 Å². The fourth-order valence-corrected chi connectivity index (χ4v) is 1.99. The molecule has 0 unspecified atom stereocenters. The first kappa shape index (κ1) is 15.4. The van der Waals surface area contributed by atoms with Crippen LogP contribution in [-0.2, 0) is 17.2 Å². The molecular weight excluding hydrogens is 286 g/mol. The van der Waals surface area contributed by atoms with Crippen molar-refractivity contribution in [1.82, 2.24) is 5.32 Å². The van der Waals surface area contributed by atoms with Crippen LogP contribution in [0, 0.1) is 0 Å². The van der Waals surface area contributed by atoms with Gasteiger partial charge >= 0.3 is 0 Å². The Balaban J connectivity index is 1.67. The zero-order chi connectivity index (χ0) is 14.9. The van der Waals surface area contributed by atoms with Crippen molar-refractivity contribution in [3.63, 3.8) is 0 Å². The molecule has 110 valence electrons. The van der Waals surface area contributed by atoms with Crippen molar-refractivity contribution < 1.29 is 9.53 Å². The molecule has 1 amide bonds. The molecule has 0 saturated carbocycles. The van der Waals surface area contributed by atoms with Gasteiger partial charge in [-0.15, -0.1) is 11.6 Å². The van der Waals surface area contributed by atoms with E-state index < -0.39 is 0 Å². The number of hydrogen-bond donors (Lipinski definition) is 1. The number of alkyl halides is 1. The second-order valence-corrected chi connectivity index (χ2v) is 4.91. The third kappa shape index (κ3) is 5.48.